The number of benzene rings is 3. The highest BCUT2D eigenvalue weighted by Crippen LogP contribution is 2.31. The van der Waals surface area contributed by atoms with Crippen LogP contribution in [0.3, 0.4) is 0 Å². The van der Waals surface area contributed by atoms with Gasteiger partial charge in [-0.05, 0) is 51.4 Å². The lowest BCUT2D eigenvalue weighted by atomic mass is 9.91. The largest absolute Gasteiger partial charge is 0.325 e. The van der Waals surface area contributed by atoms with Crippen molar-refractivity contribution in [2.45, 2.75) is 19.0 Å². The number of amides is 3. The predicted octanol–water partition coefficient (Wildman–Crippen LogP) is 2.78. The Kier molecular flexibility index (Phi) is 4.06. The van der Waals surface area contributed by atoms with E-state index in [0.717, 1.165) is 16.3 Å². The molecule has 5 rings (SSSR count). The zero-order valence-corrected chi connectivity index (χ0v) is 16.2. The molecule has 1 atom stereocenters. The summed E-state index contributed by atoms with van der Waals surface area (Å²) in [6.45, 7) is 1.92. The second-order valence-corrected chi connectivity index (χ2v) is 7.39. The van der Waals surface area contributed by atoms with Crippen LogP contribution in [0.5, 0.6) is 0 Å². The molecule has 1 N–H and O–H groups in total. The van der Waals surface area contributed by atoms with Crippen LogP contribution in [0.25, 0.3) is 16.5 Å². The van der Waals surface area contributed by atoms with Crippen LogP contribution in [0.4, 0.5) is 4.79 Å². The van der Waals surface area contributed by atoms with Gasteiger partial charge in [-0.15, -0.1) is 5.10 Å². The van der Waals surface area contributed by atoms with Gasteiger partial charge in [-0.1, -0.05) is 54.6 Å². The van der Waals surface area contributed by atoms with Gasteiger partial charge in [0.15, 0.2) is 0 Å². The summed E-state index contributed by atoms with van der Waals surface area (Å²) in [5.41, 5.74) is 1.11. The quantitative estimate of drug-likeness (QED) is 0.534. The number of tetrazole rings is 1. The second-order valence-electron chi connectivity index (χ2n) is 7.39. The number of imide groups is 1. The standard InChI is InChI=1S/C22H18N6O2/c1-22(17-9-5-10-18(12-17)28-14-23-25-26-28)20(29)27(21(30)24-22)13-16-8-4-7-15-6-2-3-11-19(15)16/h2-12,14H,13H2,1H3,(H,24,30)/t22-/m1/s1. The first kappa shape index (κ1) is 18.0. The summed E-state index contributed by atoms with van der Waals surface area (Å²) < 4.78 is 1.50. The van der Waals surface area contributed by atoms with Crippen LogP contribution < -0.4 is 5.32 Å². The molecule has 4 aromatic rings. The maximum Gasteiger partial charge on any atom is 0.325 e. The molecule has 1 aromatic heterocycles. The molecule has 8 nitrogen and oxygen atoms in total. The van der Waals surface area contributed by atoms with Gasteiger partial charge < -0.3 is 5.32 Å². The molecule has 0 aliphatic carbocycles. The van der Waals surface area contributed by atoms with Crippen molar-refractivity contribution in [1.29, 1.82) is 0 Å². The van der Waals surface area contributed by atoms with E-state index in [0.29, 0.717) is 11.3 Å². The molecule has 1 aliphatic heterocycles. The van der Waals surface area contributed by atoms with E-state index in [1.807, 2.05) is 60.7 Å². The average molecular weight is 398 g/mol. The molecule has 3 aromatic carbocycles. The van der Waals surface area contributed by atoms with Crippen molar-refractivity contribution < 1.29 is 9.59 Å². The molecule has 30 heavy (non-hydrogen) atoms. The fraction of sp³-hybridized carbons (Fsp3) is 0.136. The molecular formula is C22H18N6O2. The first-order valence-electron chi connectivity index (χ1n) is 9.51. The molecule has 1 fully saturated rings. The minimum absolute atomic E-state index is 0.203. The van der Waals surface area contributed by atoms with E-state index < -0.39 is 11.6 Å². The smallest absolute Gasteiger partial charge is 0.319 e. The van der Waals surface area contributed by atoms with Crippen molar-refractivity contribution in [3.63, 3.8) is 0 Å². The lowest BCUT2D eigenvalue weighted by Gasteiger charge is -2.23. The number of fused-ring (bicyclic) bond motifs is 1. The third-order valence-electron chi connectivity index (χ3n) is 5.52. The Morgan fingerprint density at radius 3 is 2.63 bits per heavy atom. The molecule has 0 unspecified atom stereocenters. The van der Waals surface area contributed by atoms with Crippen LogP contribution in [-0.4, -0.2) is 37.0 Å². The van der Waals surface area contributed by atoms with E-state index in [2.05, 4.69) is 20.8 Å². The molecule has 3 amide bonds. The third-order valence-corrected chi connectivity index (χ3v) is 5.52. The van der Waals surface area contributed by atoms with Gasteiger partial charge in [-0.2, -0.15) is 0 Å². The minimum Gasteiger partial charge on any atom is -0.319 e. The van der Waals surface area contributed by atoms with Crippen molar-refractivity contribution in [2.75, 3.05) is 0 Å². The van der Waals surface area contributed by atoms with Gasteiger partial charge in [0.2, 0.25) is 0 Å². The zero-order valence-electron chi connectivity index (χ0n) is 16.2. The van der Waals surface area contributed by atoms with E-state index in [-0.39, 0.29) is 12.5 Å². The molecule has 148 valence electrons. The number of carbonyl (C=O) groups excluding carboxylic acids is 2. The molecule has 0 radical (unpaired) electrons. The Labute approximate surface area is 172 Å². The highest BCUT2D eigenvalue weighted by atomic mass is 16.2. The van der Waals surface area contributed by atoms with Crippen molar-refractivity contribution >= 4 is 22.7 Å². The van der Waals surface area contributed by atoms with E-state index in [1.54, 1.807) is 13.0 Å². The van der Waals surface area contributed by atoms with Gasteiger partial charge in [0, 0.05) is 0 Å². The van der Waals surface area contributed by atoms with Crippen LogP contribution in [-0.2, 0) is 16.9 Å². The van der Waals surface area contributed by atoms with Gasteiger partial charge in [-0.3, -0.25) is 9.69 Å². The number of nitrogens with one attached hydrogen (secondary N) is 1. The molecule has 2 heterocycles. The van der Waals surface area contributed by atoms with E-state index in [1.165, 1.54) is 15.9 Å². The summed E-state index contributed by atoms with van der Waals surface area (Å²) in [6, 6.07) is 20.7. The van der Waals surface area contributed by atoms with Crippen LogP contribution in [0.2, 0.25) is 0 Å². The van der Waals surface area contributed by atoms with E-state index >= 15 is 0 Å². The van der Waals surface area contributed by atoms with Crippen molar-refractivity contribution in [1.82, 2.24) is 30.4 Å². The number of carbonyl (C=O) groups is 2. The molecule has 0 saturated carbocycles. The van der Waals surface area contributed by atoms with Crippen molar-refractivity contribution in [2.24, 2.45) is 0 Å². The highest BCUT2D eigenvalue weighted by molar-refractivity contribution is 6.07. The Morgan fingerprint density at radius 1 is 1.00 bits per heavy atom. The van der Waals surface area contributed by atoms with Gasteiger partial charge in [0.25, 0.3) is 5.91 Å². The van der Waals surface area contributed by atoms with Gasteiger partial charge >= 0.3 is 6.03 Å². The minimum atomic E-state index is -1.17. The SMILES string of the molecule is C[C@]1(c2cccc(-n3cnnn3)c2)NC(=O)N(Cc2cccc3ccccc23)C1=O. The maximum absolute atomic E-state index is 13.4. The molecular weight excluding hydrogens is 380 g/mol. The molecule has 1 aliphatic rings. The Balaban J connectivity index is 1.49. The third kappa shape index (κ3) is 2.81. The summed E-state index contributed by atoms with van der Waals surface area (Å²) in [5, 5.41) is 16.1. The van der Waals surface area contributed by atoms with E-state index in [4.69, 9.17) is 0 Å². The Bertz CT molecular complexity index is 1260. The summed E-state index contributed by atoms with van der Waals surface area (Å²) in [4.78, 5) is 27.4. The topological polar surface area (TPSA) is 93.0 Å². The fourth-order valence-corrected chi connectivity index (χ4v) is 3.88. The van der Waals surface area contributed by atoms with Crippen LogP contribution in [0.1, 0.15) is 18.1 Å². The summed E-state index contributed by atoms with van der Waals surface area (Å²) >= 11 is 0. The van der Waals surface area contributed by atoms with Gasteiger partial charge in [0.05, 0.1) is 12.2 Å². The number of urea groups is 1. The molecule has 0 bridgehead atoms. The number of nitrogens with zero attached hydrogens (tertiary/aromatic N) is 5. The van der Waals surface area contributed by atoms with Crippen LogP contribution in [0.15, 0.2) is 73.1 Å². The molecule has 1 saturated heterocycles. The lowest BCUT2D eigenvalue weighted by Crippen LogP contribution is -2.40. The number of hydrogen-bond donors (Lipinski definition) is 1. The maximum atomic E-state index is 13.4. The van der Waals surface area contributed by atoms with Crippen LogP contribution >= 0.6 is 0 Å². The number of rotatable bonds is 4. The number of aromatic nitrogens is 4. The second kappa shape index (κ2) is 6.77. The summed E-state index contributed by atoms with van der Waals surface area (Å²) in [6.07, 6.45) is 1.48. The normalized spacial score (nSPS) is 18.8. The van der Waals surface area contributed by atoms with E-state index in [9.17, 15) is 9.59 Å². The predicted molar refractivity (Wildman–Crippen MR) is 110 cm³/mol. The number of hydrogen-bond acceptors (Lipinski definition) is 5. The Hall–Kier alpha value is -4.07. The molecule has 0 spiro atoms. The first-order chi connectivity index (χ1) is 14.6. The molecule has 8 heteroatoms. The van der Waals surface area contributed by atoms with Crippen LogP contribution in [0, 0.1) is 0 Å². The van der Waals surface area contributed by atoms with Crippen molar-refractivity contribution in [3.05, 3.63) is 84.2 Å². The highest BCUT2D eigenvalue weighted by Gasteiger charge is 2.49. The van der Waals surface area contributed by atoms with Gasteiger partial charge in [-0.25, -0.2) is 9.48 Å². The summed E-state index contributed by atoms with van der Waals surface area (Å²) in [5.74, 6) is -0.297. The summed E-state index contributed by atoms with van der Waals surface area (Å²) in [7, 11) is 0. The Morgan fingerprint density at radius 2 is 1.80 bits per heavy atom. The first-order valence-corrected chi connectivity index (χ1v) is 9.51. The fourth-order valence-electron chi connectivity index (χ4n) is 3.88. The average Bonchev–Trinajstić information content (AvgIpc) is 3.38. The van der Waals surface area contributed by atoms with Crippen molar-refractivity contribution in [3.8, 4) is 5.69 Å². The monoisotopic (exact) mass is 398 g/mol. The zero-order chi connectivity index (χ0) is 20.7. The lowest BCUT2D eigenvalue weighted by molar-refractivity contribution is -0.131. The van der Waals surface area contributed by atoms with Gasteiger partial charge in [0.1, 0.15) is 11.9 Å².